The summed E-state index contributed by atoms with van der Waals surface area (Å²) in [6.07, 6.45) is 0. The van der Waals surface area contributed by atoms with Gasteiger partial charge in [-0.3, -0.25) is 0 Å². The third kappa shape index (κ3) is 2.77. The van der Waals surface area contributed by atoms with E-state index in [4.69, 9.17) is 5.11 Å². The first-order valence-corrected chi connectivity index (χ1v) is 2.94. The zero-order valence-corrected chi connectivity index (χ0v) is 6.06. The van der Waals surface area contributed by atoms with Crippen LogP contribution >= 0.6 is 0 Å². The maximum Gasteiger partial charge on any atom is 0.335 e. The maximum atomic E-state index is 11.5. The summed E-state index contributed by atoms with van der Waals surface area (Å²) in [6.45, 7) is 1.94. The second-order valence-corrected chi connectivity index (χ2v) is 2.35. The highest BCUT2D eigenvalue weighted by molar-refractivity contribution is 5.76. The lowest BCUT2D eigenvalue weighted by molar-refractivity contribution is -0.161. The van der Waals surface area contributed by atoms with Gasteiger partial charge >= 0.3 is 5.97 Å². The molecule has 0 aliphatic heterocycles. The maximum absolute atomic E-state index is 11.5. The topological polar surface area (TPSA) is 46.5 Å². The zero-order valence-electron chi connectivity index (χ0n) is 6.06. The highest BCUT2D eigenvalue weighted by atomic mass is 19.1. The number of aliphatic carboxylic acids is 1. The van der Waals surface area contributed by atoms with Crippen molar-refractivity contribution in [2.24, 2.45) is 0 Å². The highest BCUT2D eigenvalue weighted by Crippen LogP contribution is 2.07. The Kier molecular flexibility index (Phi) is 3.28. The number of carbonyl (C=O) groups is 1. The summed E-state index contributed by atoms with van der Waals surface area (Å²) >= 11 is 0. The standard InChI is InChI=1S/C6H11FO3/c1-6(2,5(8)9)10-4-3-7/h3-4H2,1-2H3,(H,8,9). The van der Waals surface area contributed by atoms with Crippen LogP contribution in [0.25, 0.3) is 0 Å². The number of carboxylic acids is 1. The van der Waals surface area contributed by atoms with E-state index in [0.717, 1.165) is 0 Å². The molecule has 0 saturated heterocycles. The molecule has 0 heterocycles. The van der Waals surface area contributed by atoms with Crippen molar-refractivity contribution in [3.05, 3.63) is 0 Å². The Bertz CT molecular complexity index is 122. The summed E-state index contributed by atoms with van der Waals surface area (Å²) in [7, 11) is 0. The van der Waals surface area contributed by atoms with Crippen molar-refractivity contribution >= 4 is 5.97 Å². The molecule has 0 radical (unpaired) electrons. The van der Waals surface area contributed by atoms with Crippen LogP contribution in [0.4, 0.5) is 4.39 Å². The van der Waals surface area contributed by atoms with Crippen LogP contribution < -0.4 is 0 Å². The van der Waals surface area contributed by atoms with E-state index in [1.54, 1.807) is 0 Å². The predicted octanol–water partition coefficient (Wildman–Crippen LogP) is 0.836. The van der Waals surface area contributed by atoms with E-state index in [1.807, 2.05) is 0 Å². The Labute approximate surface area is 58.8 Å². The number of alkyl halides is 1. The molecule has 0 saturated carbocycles. The van der Waals surface area contributed by atoms with E-state index in [9.17, 15) is 9.18 Å². The minimum atomic E-state index is -1.27. The Morgan fingerprint density at radius 2 is 2.20 bits per heavy atom. The van der Waals surface area contributed by atoms with Crippen molar-refractivity contribution in [3.8, 4) is 0 Å². The molecule has 0 fully saturated rings. The van der Waals surface area contributed by atoms with Crippen molar-refractivity contribution in [1.82, 2.24) is 0 Å². The number of rotatable bonds is 4. The fourth-order valence-electron chi connectivity index (χ4n) is 0.355. The third-order valence-corrected chi connectivity index (χ3v) is 1.06. The van der Waals surface area contributed by atoms with Crippen LogP contribution in [0, 0.1) is 0 Å². The molecular weight excluding hydrogens is 139 g/mol. The Morgan fingerprint density at radius 3 is 2.50 bits per heavy atom. The smallest absolute Gasteiger partial charge is 0.335 e. The van der Waals surface area contributed by atoms with Gasteiger partial charge in [0.2, 0.25) is 0 Å². The average Bonchev–Trinajstić information content (AvgIpc) is 1.84. The SMILES string of the molecule is CC(C)(OCCF)C(=O)O. The van der Waals surface area contributed by atoms with Gasteiger partial charge in [0.05, 0.1) is 6.61 Å². The van der Waals surface area contributed by atoms with Crippen molar-refractivity contribution in [2.75, 3.05) is 13.3 Å². The molecule has 10 heavy (non-hydrogen) atoms. The fourth-order valence-corrected chi connectivity index (χ4v) is 0.355. The second-order valence-electron chi connectivity index (χ2n) is 2.35. The molecule has 0 spiro atoms. The van der Waals surface area contributed by atoms with Gasteiger partial charge in [-0.15, -0.1) is 0 Å². The summed E-state index contributed by atoms with van der Waals surface area (Å²) < 4.78 is 16.1. The number of halogens is 1. The van der Waals surface area contributed by atoms with E-state index < -0.39 is 18.2 Å². The highest BCUT2D eigenvalue weighted by Gasteiger charge is 2.27. The zero-order chi connectivity index (χ0) is 8.20. The molecule has 0 aromatic carbocycles. The Balaban J connectivity index is 3.75. The van der Waals surface area contributed by atoms with Gasteiger partial charge in [0, 0.05) is 0 Å². The molecule has 0 unspecified atom stereocenters. The molecule has 0 aliphatic carbocycles. The van der Waals surface area contributed by atoms with Gasteiger partial charge in [0.1, 0.15) is 6.67 Å². The van der Waals surface area contributed by atoms with Crippen LogP contribution in [0.3, 0.4) is 0 Å². The van der Waals surface area contributed by atoms with Gasteiger partial charge in [0.15, 0.2) is 5.60 Å². The van der Waals surface area contributed by atoms with Crippen LogP contribution in [0.5, 0.6) is 0 Å². The molecule has 4 heteroatoms. The minimum absolute atomic E-state index is 0.167. The van der Waals surface area contributed by atoms with Crippen LogP contribution in [0.2, 0.25) is 0 Å². The van der Waals surface area contributed by atoms with Gasteiger partial charge < -0.3 is 9.84 Å². The molecule has 0 aromatic heterocycles. The first kappa shape index (κ1) is 9.36. The lowest BCUT2D eigenvalue weighted by Crippen LogP contribution is -2.35. The number of carboxylic acid groups (broad SMARTS) is 1. The monoisotopic (exact) mass is 150 g/mol. The van der Waals surface area contributed by atoms with Crippen LogP contribution in [-0.4, -0.2) is 30.0 Å². The molecule has 0 aromatic rings. The summed E-state index contributed by atoms with van der Waals surface area (Å²) in [5, 5.41) is 8.42. The van der Waals surface area contributed by atoms with Crippen molar-refractivity contribution < 1.29 is 19.0 Å². The molecule has 0 rings (SSSR count). The van der Waals surface area contributed by atoms with E-state index in [2.05, 4.69) is 4.74 Å². The lowest BCUT2D eigenvalue weighted by atomic mass is 10.1. The number of hydrogen-bond acceptors (Lipinski definition) is 2. The Morgan fingerprint density at radius 1 is 1.70 bits per heavy atom. The lowest BCUT2D eigenvalue weighted by Gasteiger charge is -2.18. The summed E-state index contributed by atoms with van der Waals surface area (Å²) in [6, 6.07) is 0. The van der Waals surface area contributed by atoms with E-state index in [0.29, 0.717) is 0 Å². The molecule has 3 nitrogen and oxygen atoms in total. The van der Waals surface area contributed by atoms with Crippen molar-refractivity contribution in [2.45, 2.75) is 19.4 Å². The molecule has 60 valence electrons. The third-order valence-electron chi connectivity index (χ3n) is 1.06. The van der Waals surface area contributed by atoms with E-state index >= 15 is 0 Å². The van der Waals surface area contributed by atoms with Crippen molar-refractivity contribution in [1.29, 1.82) is 0 Å². The predicted molar refractivity (Wildman–Crippen MR) is 33.6 cm³/mol. The van der Waals surface area contributed by atoms with Gasteiger partial charge in [-0.25, -0.2) is 9.18 Å². The molecule has 0 bridgehead atoms. The summed E-state index contributed by atoms with van der Waals surface area (Å²) in [5.41, 5.74) is -1.27. The fraction of sp³-hybridized carbons (Fsp3) is 0.833. The quantitative estimate of drug-likeness (QED) is 0.645. The normalized spacial score (nSPS) is 11.5. The van der Waals surface area contributed by atoms with E-state index in [-0.39, 0.29) is 6.61 Å². The van der Waals surface area contributed by atoms with Gasteiger partial charge in [-0.05, 0) is 13.8 Å². The van der Waals surface area contributed by atoms with Gasteiger partial charge in [0.25, 0.3) is 0 Å². The van der Waals surface area contributed by atoms with Gasteiger partial charge in [-0.2, -0.15) is 0 Å². The molecular formula is C6H11FO3. The molecule has 0 atom stereocenters. The number of ether oxygens (including phenoxy) is 1. The number of hydrogen-bond donors (Lipinski definition) is 1. The van der Waals surface area contributed by atoms with Gasteiger partial charge in [-0.1, -0.05) is 0 Å². The van der Waals surface area contributed by atoms with Crippen molar-refractivity contribution in [3.63, 3.8) is 0 Å². The van der Waals surface area contributed by atoms with E-state index in [1.165, 1.54) is 13.8 Å². The molecule has 0 aliphatic rings. The summed E-state index contributed by atoms with van der Waals surface area (Å²) in [5.74, 6) is -1.08. The van der Waals surface area contributed by atoms with Crippen LogP contribution in [-0.2, 0) is 9.53 Å². The molecule has 1 N–H and O–H groups in total. The van der Waals surface area contributed by atoms with Crippen LogP contribution in [0.1, 0.15) is 13.8 Å². The average molecular weight is 150 g/mol. The largest absolute Gasteiger partial charge is 0.479 e. The summed E-state index contributed by atoms with van der Waals surface area (Å²) in [4.78, 5) is 10.3. The second kappa shape index (κ2) is 3.51. The van der Waals surface area contributed by atoms with Crippen LogP contribution in [0.15, 0.2) is 0 Å². The Hall–Kier alpha value is -0.640. The first-order valence-electron chi connectivity index (χ1n) is 2.94. The first-order chi connectivity index (χ1) is 4.50. The molecule has 0 amide bonds. The minimum Gasteiger partial charge on any atom is -0.479 e.